The number of hydrogen-bond acceptors (Lipinski definition) is 5. The predicted molar refractivity (Wildman–Crippen MR) is 171 cm³/mol. The number of nitrogens with two attached hydrogens (primary N) is 2. The quantitative estimate of drug-likeness (QED) is 0.190. The highest BCUT2D eigenvalue weighted by Gasteiger charge is 2.14. The zero-order valence-corrected chi connectivity index (χ0v) is 22.5. The zero-order valence-electron chi connectivity index (χ0n) is 22.5. The van der Waals surface area contributed by atoms with Crippen molar-refractivity contribution in [2.24, 2.45) is 0 Å². The maximum atomic E-state index is 6.23. The van der Waals surface area contributed by atoms with Crippen LogP contribution in [-0.4, -0.2) is 0 Å². The van der Waals surface area contributed by atoms with Gasteiger partial charge in [-0.25, -0.2) is 0 Å². The van der Waals surface area contributed by atoms with Crippen molar-refractivity contribution in [3.8, 4) is 11.5 Å². The number of ether oxygens (including phenoxy) is 1. The lowest BCUT2D eigenvalue weighted by molar-refractivity contribution is 0.483. The van der Waals surface area contributed by atoms with E-state index in [9.17, 15) is 0 Å². The summed E-state index contributed by atoms with van der Waals surface area (Å²) in [6.07, 6.45) is 0. The van der Waals surface area contributed by atoms with Gasteiger partial charge in [-0.1, -0.05) is 36.4 Å². The van der Waals surface area contributed by atoms with Crippen LogP contribution in [0.3, 0.4) is 0 Å². The van der Waals surface area contributed by atoms with Crippen LogP contribution < -0.4 is 26.0 Å². The molecule has 200 valence electrons. The summed E-state index contributed by atoms with van der Waals surface area (Å²) in [4.78, 5) is 4.38. The van der Waals surface area contributed by atoms with E-state index < -0.39 is 0 Å². The molecule has 4 N–H and O–H groups in total. The van der Waals surface area contributed by atoms with E-state index in [0.717, 1.165) is 57.0 Å². The lowest BCUT2D eigenvalue weighted by atomic mass is 10.1. The van der Waals surface area contributed by atoms with Gasteiger partial charge in [-0.2, -0.15) is 0 Å². The summed E-state index contributed by atoms with van der Waals surface area (Å²) in [6, 6.07) is 52.5. The van der Waals surface area contributed by atoms with Gasteiger partial charge in [0.15, 0.2) is 0 Å². The fourth-order valence-corrected chi connectivity index (χ4v) is 4.76. The number of rotatable bonds is 8. The molecule has 0 aliphatic heterocycles. The number of hydrogen-bond donors (Lipinski definition) is 2. The van der Waals surface area contributed by atoms with Gasteiger partial charge in [-0.05, 0) is 121 Å². The van der Waals surface area contributed by atoms with Crippen molar-refractivity contribution in [2.45, 2.75) is 0 Å². The molecule has 0 radical (unpaired) electrons. The molecule has 0 aliphatic rings. The first-order valence-corrected chi connectivity index (χ1v) is 13.4. The van der Waals surface area contributed by atoms with Crippen molar-refractivity contribution in [3.05, 3.63) is 158 Å². The number of benzene rings is 6. The van der Waals surface area contributed by atoms with Crippen LogP contribution in [0.15, 0.2) is 158 Å². The first kappa shape index (κ1) is 25.6. The molecular weight excluding hydrogens is 504 g/mol. The predicted octanol–water partition coefficient (Wildman–Crippen LogP) is 9.58. The minimum atomic E-state index is 0.719. The molecule has 0 saturated carbocycles. The van der Waals surface area contributed by atoms with E-state index >= 15 is 0 Å². The second-order valence-electron chi connectivity index (χ2n) is 9.61. The average Bonchev–Trinajstić information content (AvgIpc) is 3.02. The van der Waals surface area contributed by atoms with Crippen molar-refractivity contribution in [1.82, 2.24) is 0 Å². The highest BCUT2D eigenvalue weighted by Crippen LogP contribution is 2.38. The Kier molecular flexibility index (Phi) is 7.24. The first-order chi connectivity index (χ1) is 20.1. The van der Waals surface area contributed by atoms with Crippen LogP contribution in [0.1, 0.15) is 0 Å². The summed E-state index contributed by atoms with van der Waals surface area (Å²) in [6.45, 7) is 0. The van der Waals surface area contributed by atoms with Crippen molar-refractivity contribution in [2.75, 3.05) is 21.3 Å². The molecule has 0 unspecified atom stereocenters. The van der Waals surface area contributed by atoms with Crippen LogP contribution >= 0.6 is 0 Å². The molecule has 6 aromatic carbocycles. The van der Waals surface area contributed by atoms with E-state index in [4.69, 9.17) is 16.2 Å². The monoisotopic (exact) mass is 534 g/mol. The minimum absolute atomic E-state index is 0.719. The van der Waals surface area contributed by atoms with E-state index in [1.807, 2.05) is 121 Å². The molecule has 5 heteroatoms. The lowest BCUT2D eigenvalue weighted by Gasteiger charge is -2.26. The summed E-state index contributed by atoms with van der Waals surface area (Å²) in [5.41, 5.74) is 19.5. The van der Waals surface area contributed by atoms with E-state index in [1.165, 1.54) is 0 Å². The third-order valence-electron chi connectivity index (χ3n) is 6.76. The van der Waals surface area contributed by atoms with Crippen molar-refractivity contribution < 1.29 is 4.74 Å². The molecule has 5 nitrogen and oxygen atoms in total. The molecule has 0 bridgehead atoms. The largest absolute Gasteiger partial charge is 0.457 e. The van der Waals surface area contributed by atoms with Gasteiger partial charge in [-0.15, -0.1) is 0 Å². The molecule has 0 saturated heterocycles. The molecule has 0 amide bonds. The third-order valence-corrected chi connectivity index (χ3v) is 6.76. The molecule has 0 fully saturated rings. The zero-order chi connectivity index (χ0) is 28.0. The molecular formula is C36H30N4O. The van der Waals surface area contributed by atoms with Gasteiger partial charge in [0.1, 0.15) is 11.5 Å². The molecule has 0 aromatic heterocycles. The van der Waals surface area contributed by atoms with Crippen LogP contribution in [0.4, 0.5) is 45.5 Å². The number of anilines is 8. The van der Waals surface area contributed by atoms with Crippen LogP contribution in [0.25, 0.3) is 0 Å². The topological polar surface area (TPSA) is 67.8 Å². The fourth-order valence-electron chi connectivity index (χ4n) is 4.76. The Morgan fingerprint density at radius 2 is 0.585 bits per heavy atom. The summed E-state index contributed by atoms with van der Waals surface area (Å²) in [5.74, 6) is 1.51. The highest BCUT2D eigenvalue weighted by molar-refractivity contribution is 5.78. The third kappa shape index (κ3) is 5.84. The Morgan fingerprint density at radius 3 is 0.902 bits per heavy atom. The van der Waals surface area contributed by atoms with Crippen LogP contribution in [0.2, 0.25) is 0 Å². The SMILES string of the molecule is Nc1ccc(N(c2ccc(N)cc2)c2ccc(Oc3ccc(N(c4ccccc4)c4ccccc4)cc3)cc2)cc1. The van der Waals surface area contributed by atoms with Crippen LogP contribution in [-0.2, 0) is 0 Å². The molecule has 0 heterocycles. The Labute approximate surface area is 240 Å². The van der Waals surface area contributed by atoms with E-state index in [1.54, 1.807) is 0 Å². The van der Waals surface area contributed by atoms with Crippen LogP contribution in [0.5, 0.6) is 11.5 Å². The second kappa shape index (κ2) is 11.6. The van der Waals surface area contributed by atoms with Gasteiger partial charge in [0, 0.05) is 45.5 Å². The molecule has 0 aliphatic carbocycles. The molecule has 6 rings (SSSR count). The van der Waals surface area contributed by atoms with Gasteiger partial charge in [-0.3, -0.25) is 0 Å². The summed E-state index contributed by atoms with van der Waals surface area (Å²) in [5, 5.41) is 0. The van der Waals surface area contributed by atoms with Crippen molar-refractivity contribution in [3.63, 3.8) is 0 Å². The number of nitrogen functional groups attached to an aromatic ring is 2. The lowest BCUT2D eigenvalue weighted by Crippen LogP contribution is -2.10. The Bertz CT molecular complexity index is 1600. The standard InChI is InChI=1S/C36H30N4O/c37-27-11-15-31(16-12-27)40(32-17-13-28(38)14-18-32)34-21-25-36(26-22-34)41-35-23-19-33(20-24-35)39(29-7-3-1-4-8-29)30-9-5-2-6-10-30/h1-26H,37-38H2. The smallest absolute Gasteiger partial charge is 0.127 e. The average molecular weight is 535 g/mol. The Balaban J connectivity index is 1.24. The maximum Gasteiger partial charge on any atom is 0.127 e. The van der Waals surface area contributed by atoms with Crippen LogP contribution in [0, 0.1) is 0 Å². The molecule has 6 aromatic rings. The molecule has 41 heavy (non-hydrogen) atoms. The Morgan fingerprint density at radius 1 is 0.317 bits per heavy atom. The summed E-state index contributed by atoms with van der Waals surface area (Å²) in [7, 11) is 0. The highest BCUT2D eigenvalue weighted by atomic mass is 16.5. The normalized spacial score (nSPS) is 10.6. The van der Waals surface area contributed by atoms with E-state index in [0.29, 0.717) is 0 Å². The number of para-hydroxylation sites is 2. The molecule has 0 spiro atoms. The van der Waals surface area contributed by atoms with Gasteiger partial charge < -0.3 is 26.0 Å². The van der Waals surface area contributed by atoms with Gasteiger partial charge >= 0.3 is 0 Å². The fraction of sp³-hybridized carbons (Fsp3) is 0. The van der Waals surface area contributed by atoms with Gasteiger partial charge in [0.2, 0.25) is 0 Å². The van der Waals surface area contributed by atoms with Gasteiger partial charge in [0.25, 0.3) is 0 Å². The van der Waals surface area contributed by atoms with Crippen molar-refractivity contribution >= 4 is 45.5 Å². The summed E-state index contributed by atoms with van der Waals surface area (Å²) < 4.78 is 6.23. The number of nitrogens with zero attached hydrogens (tertiary/aromatic N) is 2. The maximum absolute atomic E-state index is 6.23. The van der Waals surface area contributed by atoms with Crippen molar-refractivity contribution in [1.29, 1.82) is 0 Å². The Hall–Kier alpha value is -5.68. The van der Waals surface area contributed by atoms with E-state index in [-0.39, 0.29) is 0 Å². The minimum Gasteiger partial charge on any atom is -0.457 e. The van der Waals surface area contributed by atoms with E-state index in [2.05, 4.69) is 46.2 Å². The van der Waals surface area contributed by atoms with Gasteiger partial charge in [0.05, 0.1) is 0 Å². The molecule has 0 atom stereocenters. The first-order valence-electron chi connectivity index (χ1n) is 13.4. The summed E-state index contributed by atoms with van der Waals surface area (Å²) >= 11 is 0. The second-order valence-corrected chi connectivity index (χ2v) is 9.61.